The predicted molar refractivity (Wildman–Crippen MR) is 74.5 cm³/mol. The molecule has 0 aliphatic rings. The molecule has 2 nitrogen and oxygen atoms in total. The van der Waals surface area contributed by atoms with Crippen LogP contribution in [0.4, 0.5) is 0 Å². The minimum atomic E-state index is 1.13. The lowest BCUT2D eigenvalue weighted by Gasteiger charge is -2.10. The Morgan fingerprint density at radius 2 is 1.47 bits per heavy atom. The molecule has 2 heteroatoms. The van der Waals surface area contributed by atoms with E-state index in [2.05, 4.69) is 32.3 Å². The Bertz CT molecular complexity index is 295. The third-order valence-electron chi connectivity index (χ3n) is 3.13. The van der Waals surface area contributed by atoms with Crippen LogP contribution in [0.5, 0.6) is 0 Å². The molecule has 0 aliphatic heterocycles. The molecule has 1 heterocycles. The predicted octanol–water partition coefficient (Wildman–Crippen LogP) is 4.15. The summed E-state index contributed by atoms with van der Waals surface area (Å²) in [5.74, 6) is 1.32. The summed E-state index contributed by atoms with van der Waals surface area (Å²) in [6, 6.07) is 0. The standard InChI is InChI=1S/C15H28N2/c1-5-9-13-14(10-6-2)17(12-8-4)15(16-13)11-7-3/h5-12H2,1-4H3. The van der Waals surface area contributed by atoms with Crippen LogP contribution in [0.2, 0.25) is 0 Å². The van der Waals surface area contributed by atoms with Crippen molar-refractivity contribution >= 4 is 0 Å². The Balaban J connectivity index is 3.07. The first-order valence-electron chi connectivity index (χ1n) is 7.35. The van der Waals surface area contributed by atoms with Crippen LogP contribution in [-0.2, 0) is 25.8 Å². The molecule has 0 aromatic carbocycles. The van der Waals surface area contributed by atoms with Crippen molar-refractivity contribution in [2.45, 2.75) is 79.2 Å². The van der Waals surface area contributed by atoms with Gasteiger partial charge in [0.25, 0.3) is 0 Å². The minimum absolute atomic E-state index is 1.13. The van der Waals surface area contributed by atoms with Crippen LogP contribution >= 0.6 is 0 Å². The zero-order valence-corrected chi connectivity index (χ0v) is 12.1. The fraction of sp³-hybridized carbons (Fsp3) is 0.800. The second kappa shape index (κ2) is 7.52. The normalized spacial score (nSPS) is 11.1. The van der Waals surface area contributed by atoms with E-state index in [0.29, 0.717) is 0 Å². The SMILES string of the molecule is CCCc1nc(CCC)n(CCC)c1CCC. The van der Waals surface area contributed by atoms with Crippen molar-refractivity contribution in [2.75, 3.05) is 0 Å². The van der Waals surface area contributed by atoms with Gasteiger partial charge in [0, 0.05) is 18.7 Å². The van der Waals surface area contributed by atoms with Gasteiger partial charge in [-0.15, -0.1) is 0 Å². The molecular weight excluding hydrogens is 208 g/mol. The summed E-state index contributed by atoms with van der Waals surface area (Å²) in [4.78, 5) is 4.89. The second-order valence-corrected chi connectivity index (χ2v) is 4.82. The molecule has 1 rings (SSSR count). The Labute approximate surface area is 106 Å². The van der Waals surface area contributed by atoms with Gasteiger partial charge in [0.1, 0.15) is 5.82 Å². The maximum Gasteiger partial charge on any atom is 0.109 e. The molecule has 0 spiro atoms. The van der Waals surface area contributed by atoms with Crippen molar-refractivity contribution in [1.29, 1.82) is 0 Å². The topological polar surface area (TPSA) is 17.8 Å². The van der Waals surface area contributed by atoms with E-state index in [-0.39, 0.29) is 0 Å². The zero-order valence-electron chi connectivity index (χ0n) is 12.1. The number of aromatic nitrogens is 2. The lowest BCUT2D eigenvalue weighted by atomic mass is 10.1. The lowest BCUT2D eigenvalue weighted by molar-refractivity contribution is 0.600. The van der Waals surface area contributed by atoms with Gasteiger partial charge in [-0.2, -0.15) is 0 Å². The first-order chi connectivity index (χ1) is 8.28. The highest BCUT2D eigenvalue weighted by atomic mass is 15.1. The van der Waals surface area contributed by atoms with Crippen molar-refractivity contribution in [2.24, 2.45) is 0 Å². The highest BCUT2D eigenvalue weighted by Crippen LogP contribution is 2.18. The van der Waals surface area contributed by atoms with Gasteiger partial charge in [-0.3, -0.25) is 0 Å². The monoisotopic (exact) mass is 236 g/mol. The largest absolute Gasteiger partial charge is 0.332 e. The molecule has 0 radical (unpaired) electrons. The molecule has 1 aromatic rings. The molecule has 0 unspecified atom stereocenters. The summed E-state index contributed by atoms with van der Waals surface area (Å²) >= 11 is 0. The molecule has 0 bridgehead atoms. The van der Waals surface area contributed by atoms with E-state index < -0.39 is 0 Å². The van der Waals surface area contributed by atoms with Crippen LogP contribution in [0.25, 0.3) is 0 Å². The average molecular weight is 236 g/mol. The molecule has 0 saturated carbocycles. The summed E-state index contributed by atoms with van der Waals surface area (Å²) in [5, 5.41) is 0. The molecule has 1 aromatic heterocycles. The maximum atomic E-state index is 4.89. The Morgan fingerprint density at radius 3 is 2.00 bits per heavy atom. The number of hydrogen-bond donors (Lipinski definition) is 0. The molecule has 17 heavy (non-hydrogen) atoms. The molecule has 0 fully saturated rings. The number of aryl methyl sites for hydroxylation is 2. The first-order valence-corrected chi connectivity index (χ1v) is 7.35. The molecule has 0 saturated heterocycles. The van der Waals surface area contributed by atoms with E-state index in [0.717, 1.165) is 19.4 Å². The molecular formula is C15H28N2. The van der Waals surface area contributed by atoms with Crippen LogP contribution in [0.1, 0.15) is 70.6 Å². The average Bonchev–Trinajstić information content (AvgIpc) is 2.61. The van der Waals surface area contributed by atoms with Crippen LogP contribution in [-0.4, -0.2) is 9.55 Å². The smallest absolute Gasteiger partial charge is 0.109 e. The summed E-state index contributed by atoms with van der Waals surface area (Å²) in [6.07, 6.45) is 8.27. The van der Waals surface area contributed by atoms with Crippen LogP contribution in [0.3, 0.4) is 0 Å². The van der Waals surface area contributed by atoms with E-state index >= 15 is 0 Å². The van der Waals surface area contributed by atoms with Gasteiger partial charge in [-0.05, 0) is 25.7 Å². The number of rotatable bonds is 8. The lowest BCUT2D eigenvalue weighted by Crippen LogP contribution is -2.07. The van der Waals surface area contributed by atoms with Gasteiger partial charge in [0.15, 0.2) is 0 Å². The summed E-state index contributed by atoms with van der Waals surface area (Å²) < 4.78 is 2.50. The van der Waals surface area contributed by atoms with E-state index in [1.807, 2.05) is 0 Å². The Hall–Kier alpha value is -0.790. The highest BCUT2D eigenvalue weighted by molar-refractivity contribution is 5.18. The van der Waals surface area contributed by atoms with Crippen LogP contribution < -0.4 is 0 Å². The third-order valence-corrected chi connectivity index (χ3v) is 3.13. The molecule has 98 valence electrons. The molecule has 0 atom stereocenters. The van der Waals surface area contributed by atoms with Gasteiger partial charge in [0.05, 0.1) is 5.69 Å². The van der Waals surface area contributed by atoms with E-state index in [9.17, 15) is 0 Å². The van der Waals surface area contributed by atoms with E-state index in [4.69, 9.17) is 4.98 Å². The summed E-state index contributed by atoms with van der Waals surface area (Å²) in [5.41, 5.74) is 2.88. The quantitative estimate of drug-likeness (QED) is 0.663. The number of hydrogen-bond acceptors (Lipinski definition) is 1. The Morgan fingerprint density at radius 1 is 0.824 bits per heavy atom. The van der Waals surface area contributed by atoms with Gasteiger partial charge in [0.2, 0.25) is 0 Å². The van der Waals surface area contributed by atoms with Crippen molar-refractivity contribution in [3.8, 4) is 0 Å². The first kappa shape index (κ1) is 14.3. The van der Waals surface area contributed by atoms with Gasteiger partial charge < -0.3 is 4.57 Å². The van der Waals surface area contributed by atoms with Crippen molar-refractivity contribution in [3.63, 3.8) is 0 Å². The van der Waals surface area contributed by atoms with Crippen LogP contribution in [0.15, 0.2) is 0 Å². The highest BCUT2D eigenvalue weighted by Gasteiger charge is 2.14. The second-order valence-electron chi connectivity index (χ2n) is 4.82. The molecule has 0 aliphatic carbocycles. The van der Waals surface area contributed by atoms with Crippen molar-refractivity contribution in [3.05, 3.63) is 17.2 Å². The van der Waals surface area contributed by atoms with Crippen LogP contribution in [0, 0.1) is 0 Å². The van der Waals surface area contributed by atoms with E-state index in [1.165, 1.54) is 49.3 Å². The summed E-state index contributed by atoms with van der Waals surface area (Å²) in [6.45, 7) is 10.1. The minimum Gasteiger partial charge on any atom is -0.332 e. The fourth-order valence-corrected chi connectivity index (χ4v) is 2.45. The van der Waals surface area contributed by atoms with Gasteiger partial charge >= 0.3 is 0 Å². The van der Waals surface area contributed by atoms with Crippen molar-refractivity contribution in [1.82, 2.24) is 9.55 Å². The number of nitrogens with zero attached hydrogens (tertiary/aromatic N) is 2. The Kier molecular flexibility index (Phi) is 6.31. The van der Waals surface area contributed by atoms with Crippen molar-refractivity contribution < 1.29 is 0 Å². The zero-order chi connectivity index (χ0) is 12.7. The fourth-order valence-electron chi connectivity index (χ4n) is 2.45. The third kappa shape index (κ3) is 3.58. The van der Waals surface area contributed by atoms with Gasteiger partial charge in [-0.25, -0.2) is 4.98 Å². The molecule has 0 N–H and O–H groups in total. The summed E-state index contributed by atoms with van der Waals surface area (Å²) in [7, 11) is 0. The van der Waals surface area contributed by atoms with Gasteiger partial charge in [-0.1, -0.05) is 40.5 Å². The molecule has 0 amide bonds. The van der Waals surface area contributed by atoms with E-state index in [1.54, 1.807) is 0 Å². The maximum absolute atomic E-state index is 4.89. The number of imidazole rings is 1.